The molecule has 0 fully saturated rings. The van der Waals surface area contributed by atoms with Crippen LogP contribution in [0, 0.1) is 26.1 Å². The summed E-state index contributed by atoms with van der Waals surface area (Å²) in [5.74, 6) is 0. The maximum Gasteiger partial charge on any atom is 0.0524 e. The Labute approximate surface area is 96.4 Å². The Morgan fingerprint density at radius 1 is 1.12 bits per heavy atom. The van der Waals surface area contributed by atoms with Crippen molar-refractivity contribution in [3.8, 4) is 0 Å². The molecule has 2 nitrogen and oxygen atoms in total. The Kier molecular flexibility index (Phi) is 3.16. The lowest BCUT2D eigenvalue weighted by atomic mass is 10.1. The highest BCUT2D eigenvalue weighted by Crippen LogP contribution is 2.04. The van der Waals surface area contributed by atoms with Crippen molar-refractivity contribution in [2.75, 3.05) is 0 Å². The summed E-state index contributed by atoms with van der Waals surface area (Å²) in [6.07, 6.45) is 4.61. The predicted octanol–water partition coefficient (Wildman–Crippen LogP) is 2.48. The fourth-order valence-electron chi connectivity index (χ4n) is 1.63. The Morgan fingerprint density at radius 2 is 1.94 bits per heavy atom. The van der Waals surface area contributed by atoms with Gasteiger partial charge in [-0.1, -0.05) is 6.07 Å². The third-order valence-electron chi connectivity index (χ3n) is 2.42. The molecule has 0 saturated carbocycles. The first-order valence-electron chi connectivity index (χ1n) is 5.42. The highest BCUT2D eigenvalue weighted by Gasteiger charge is 1.98. The highest BCUT2D eigenvalue weighted by molar-refractivity contribution is 5.14. The average molecular weight is 210 g/mol. The van der Waals surface area contributed by atoms with E-state index in [9.17, 15) is 0 Å². The van der Waals surface area contributed by atoms with Crippen LogP contribution in [0.1, 0.15) is 22.6 Å². The lowest BCUT2D eigenvalue weighted by Gasteiger charge is -2.01. The molecule has 2 rings (SSSR count). The number of hydrogen-bond donors (Lipinski definition) is 0. The van der Waals surface area contributed by atoms with Gasteiger partial charge >= 0.3 is 0 Å². The van der Waals surface area contributed by atoms with E-state index >= 15 is 0 Å². The number of rotatable bonds is 3. The van der Waals surface area contributed by atoms with Crippen molar-refractivity contribution in [3.05, 3.63) is 59.2 Å². The molecule has 16 heavy (non-hydrogen) atoms. The molecule has 0 saturated heterocycles. The Hall–Kier alpha value is -1.88. The quantitative estimate of drug-likeness (QED) is 0.777. The van der Waals surface area contributed by atoms with Crippen LogP contribution in [-0.4, -0.2) is 9.97 Å². The summed E-state index contributed by atoms with van der Waals surface area (Å²) in [5, 5.41) is 0. The average Bonchev–Trinajstić information content (AvgIpc) is 2.27. The van der Waals surface area contributed by atoms with Crippen molar-refractivity contribution in [3.63, 3.8) is 0 Å². The van der Waals surface area contributed by atoms with Crippen LogP contribution in [0.4, 0.5) is 0 Å². The summed E-state index contributed by atoms with van der Waals surface area (Å²) in [5.41, 5.74) is 4.32. The fourth-order valence-corrected chi connectivity index (χ4v) is 1.63. The van der Waals surface area contributed by atoms with Crippen molar-refractivity contribution in [1.82, 2.24) is 9.97 Å². The topological polar surface area (TPSA) is 25.8 Å². The van der Waals surface area contributed by atoms with E-state index in [1.54, 1.807) is 0 Å². The zero-order chi connectivity index (χ0) is 11.4. The largest absolute Gasteiger partial charge is 0.258 e. The van der Waals surface area contributed by atoms with Gasteiger partial charge in [0.2, 0.25) is 0 Å². The van der Waals surface area contributed by atoms with Gasteiger partial charge in [-0.05, 0) is 51.0 Å². The molecule has 0 unspecified atom stereocenters. The molecule has 0 atom stereocenters. The third kappa shape index (κ3) is 2.80. The molecule has 0 bridgehead atoms. The van der Waals surface area contributed by atoms with E-state index in [-0.39, 0.29) is 0 Å². The van der Waals surface area contributed by atoms with Crippen molar-refractivity contribution in [2.24, 2.45) is 0 Å². The number of nitrogens with zero attached hydrogens (tertiary/aromatic N) is 2. The smallest absolute Gasteiger partial charge is 0.0524 e. The van der Waals surface area contributed by atoms with E-state index in [1.165, 1.54) is 0 Å². The number of aromatic nitrogens is 2. The van der Waals surface area contributed by atoms with Gasteiger partial charge in [-0.2, -0.15) is 0 Å². The Bertz CT molecular complexity index is 432. The SMILES string of the molecule is Cc1c#cnc(CCc2cccc(C)n2)c1. The van der Waals surface area contributed by atoms with E-state index in [2.05, 4.69) is 28.3 Å². The molecular weight excluding hydrogens is 196 g/mol. The molecule has 2 heteroatoms. The molecule has 80 valence electrons. The monoisotopic (exact) mass is 210 g/mol. The van der Waals surface area contributed by atoms with Crippen LogP contribution in [0.15, 0.2) is 24.3 Å². The van der Waals surface area contributed by atoms with Gasteiger partial charge in [-0.15, -0.1) is 0 Å². The predicted molar refractivity (Wildman–Crippen MR) is 63.0 cm³/mol. The minimum absolute atomic E-state index is 0.905. The van der Waals surface area contributed by atoms with Crippen molar-refractivity contribution in [1.29, 1.82) is 0 Å². The molecule has 0 aliphatic rings. The van der Waals surface area contributed by atoms with E-state index in [4.69, 9.17) is 0 Å². The van der Waals surface area contributed by atoms with Gasteiger partial charge in [0.05, 0.1) is 5.69 Å². The molecule has 0 radical (unpaired) electrons. The number of hydrogen-bond acceptors (Lipinski definition) is 2. The first-order chi connectivity index (χ1) is 7.74. The van der Waals surface area contributed by atoms with E-state index < -0.39 is 0 Å². The zero-order valence-corrected chi connectivity index (χ0v) is 9.62. The molecule has 0 aliphatic heterocycles. The van der Waals surface area contributed by atoms with Gasteiger partial charge in [-0.25, -0.2) is 4.98 Å². The lowest BCUT2D eigenvalue weighted by molar-refractivity contribution is 0.872. The van der Waals surface area contributed by atoms with Crippen LogP contribution in [0.2, 0.25) is 0 Å². The maximum absolute atomic E-state index is 4.46. The zero-order valence-electron chi connectivity index (χ0n) is 9.62. The highest BCUT2D eigenvalue weighted by atomic mass is 14.7. The van der Waals surface area contributed by atoms with Crippen LogP contribution in [0.5, 0.6) is 0 Å². The lowest BCUT2D eigenvalue weighted by Crippen LogP contribution is -1.97. The molecule has 0 spiro atoms. The molecule has 0 amide bonds. The summed E-state index contributed by atoms with van der Waals surface area (Å²) in [4.78, 5) is 8.63. The van der Waals surface area contributed by atoms with Crippen molar-refractivity contribution < 1.29 is 0 Å². The first kappa shape index (κ1) is 10.6. The van der Waals surface area contributed by atoms with Crippen LogP contribution < -0.4 is 0 Å². The van der Waals surface area contributed by atoms with Gasteiger partial charge < -0.3 is 0 Å². The third-order valence-corrected chi connectivity index (χ3v) is 2.42. The molecule has 2 heterocycles. The summed E-state index contributed by atoms with van der Waals surface area (Å²) in [7, 11) is 0. The van der Waals surface area contributed by atoms with E-state index in [1.807, 2.05) is 32.0 Å². The van der Waals surface area contributed by atoms with Gasteiger partial charge in [0.25, 0.3) is 0 Å². The minimum Gasteiger partial charge on any atom is -0.258 e. The fraction of sp³-hybridized carbons (Fsp3) is 0.286. The summed E-state index contributed by atoms with van der Waals surface area (Å²) in [6, 6.07) is 11.1. The number of aryl methyl sites for hydroxylation is 4. The molecule has 0 N–H and O–H groups in total. The molecular formula is C14H14N2. The van der Waals surface area contributed by atoms with Crippen molar-refractivity contribution in [2.45, 2.75) is 26.7 Å². The normalized spacial score (nSPS) is 9.88. The molecule has 2 aromatic rings. The van der Waals surface area contributed by atoms with Crippen LogP contribution in [-0.2, 0) is 12.8 Å². The van der Waals surface area contributed by atoms with Crippen LogP contribution in [0.3, 0.4) is 0 Å². The standard InChI is InChI=1S/C14H14N2/c1-11-8-9-15-14(10-11)7-6-13-5-3-4-12(2)16-13/h3-5,10H,6-7H2,1-2H3. The first-order valence-corrected chi connectivity index (χ1v) is 5.42. The second-order valence-electron chi connectivity index (χ2n) is 3.94. The van der Waals surface area contributed by atoms with Gasteiger partial charge in [0, 0.05) is 23.1 Å². The molecule has 0 aromatic carbocycles. The second-order valence-corrected chi connectivity index (χ2v) is 3.94. The van der Waals surface area contributed by atoms with Gasteiger partial charge in [-0.3, -0.25) is 4.98 Å². The van der Waals surface area contributed by atoms with Crippen LogP contribution >= 0.6 is 0 Å². The molecule has 0 aliphatic carbocycles. The number of pyridine rings is 1. The Balaban J connectivity index is 2.02. The van der Waals surface area contributed by atoms with E-state index in [0.717, 1.165) is 35.5 Å². The van der Waals surface area contributed by atoms with E-state index in [0.29, 0.717) is 0 Å². The minimum atomic E-state index is 0.905. The maximum atomic E-state index is 4.46. The summed E-state index contributed by atoms with van der Waals surface area (Å²) >= 11 is 0. The Morgan fingerprint density at radius 3 is 2.69 bits per heavy atom. The van der Waals surface area contributed by atoms with Gasteiger partial charge in [0.1, 0.15) is 0 Å². The second kappa shape index (κ2) is 4.76. The molecule has 2 aromatic heterocycles. The summed E-state index contributed by atoms with van der Waals surface area (Å²) < 4.78 is 0. The van der Waals surface area contributed by atoms with Gasteiger partial charge in [0.15, 0.2) is 0 Å². The van der Waals surface area contributed by atoms with Crippen LogP contribution in [0.25, 0.3) is 0 Å². The van der Waals surface area contributed by atoms with Crippen molar-refractivity contribution >= 4 is 0 Å². The summed E-state index contributed by atoms with van der Waals surface area (Å²) in [6.45, 7) is 4.02.